The van der Waals surface area contributed by atoms with Crippen molar-refractivity contribution >= 4 is 35.5 Å². The highest BCUT2D eigenvalue weighted by atomic mass is 32.2. The Bertz CT molecular complexity index is 512. The maximum atomic E-state index is 12.1. The first-order chi connectivity index (χ1) is 10.4. The zero-order chi connectivity index (χ0) is 16.3. The summed E-state index contributed by atoms with van der Waals surface area (Å²) in [6, 6.07) is -0.642. The van der Waals surface area contributed by atoms with Crippen molar-refractivity contribution in [1.29, 1.82) is 0 Å². The van der Waals surface area contributed by atoms with Gasteiger partial charge in [-0.25, -0.2) is 4.79 Å². The van der Waals surface area contributed by atoms with Gasteiger partial charge in [-0.1, -0.05) is 0 Å². The van der Waals surface area contributed by atoms with E-state index in [1.165, 1.54) is 7.05 Å². The van der Waals surface area contributed by atoms with Crippen molar-refractivity contribution in [3.63, 3.8) is 0 Å². The van der Waals surface area contributed by atoms with E-state index in [1.54, 1.807) is 16.7 Å². The number of carbonyl (C=O) groups is 4. The Labute approximate surface area is 132 Å². The monoisotopic (exact) mass is 329 g/mol. The molecule has 122 valence electrons. The number of ether oxygens (including phenoxy) is 1. The van der Waals surface area contributed by atoms with Crippen LogP contribution in [-0.2, 0) is 23.9 Å². The largest absolute Gasteiger partial charge is 0.454 e. The second-order valence-electron chi connectivity index (χ2n) is 5.32. The third kappa shape index (κ3) is 3.34. The molecule has 2 heterocycles. The van der Waals surface area contributed by atoms with Crippen molar-refractivity contribution in [2.75, 3.05) is 26.0 Å². The van der Waals surface area contributed by atoms with E-state index < -0.39 is 24.5 Å². The third-order valence-electron chi connectivity index (χ3n) is 3.79. The van der Waals surface area contributed by atoms with Crippen LogP contribution in [0.3, 0.4) is 0 Å². The first-order valence-electron chi connectivity index (χ1n) is 6.97. The molecular weight excluding hydrogens is 310 g/mol. The lowest BCUT2D eigenvalue weighted by molar-refractivity contribution is -0.156. The third-order valence-corrected chi connectivity index (χ3v) is 5.29. The average Bonchev–Trinajstić information content (AvgIpc) is 2.99. The molecule has 2 rings (SSSR count). The normalized spacial score (nSPS) is 26.5. The highest BCUT2D eigenvalue weighted by Gasteiger charge is 2.53. The Morgan fingerprint density at radius 1 is 1.41 bits per heavy atom. The summed E-state index contributed by atoms with van der Waals surface area (Å²) in [5.74, 6) is -1.07. The average molecular weight is 329 g/mol. The summed E-state index contributed by atoms with van der Waals surface area (Å²) < 4.78 is 4.97. The van der Waals surface area contributed by atoms with Crippen LogP contribution < -0.4 is 10.6 Å². The number of nitrogens with one attached hydrogen (secondary N) is 2. The summed E-state index contributed by atoms with van der Waals surface area (Å²) in [6.07, 6.45) is 1.15. The molecule has 9 heteroatoms. The number of thioether (sulfide) groups is 1. The van der Waals surface area contributed by atoms with Crippen LogP contribution in [0.1, 0.15) is 19.8 Å². The molecule has 2 saturated heterocycles. The van der Waals surface area contributed by atoms with E-state index in [2.05, 4.69) is 10.6 Å². The summed E-state index contributed by atoms with van der Waals surface area (Å²) in [5, 5.41) is 4.68. The summed E-state index contributed by atoms with van der Waals surface area (Å²) in [6.45, 7) is 1.30. The Balaban J connectivity index is 1.82. The number of hydrogen-bond acceptors (Lipinski definition) is 6. The molecule has 0 aromatic heterocycles. The van der Waals surface area contributed by atoms with Gasteiger partial charge in [-0.05, 0) is 13.3 Å². The molecule has 0 radical (unpaired) electrons. The van der Waals surface area contributed by atoms with E-state index in [0.29, 0.717) is 18.6 Å². The number of carbonyl (C=O) groups excluding carboxylic acids is 4. The van der Waals surface area contributed by atoms with Gasteiger partial charge in [0.1, 0.15) is 6.04 Å². The Hall–Kier alpha value is -1.77. The number of nitrogens with zero attached hydrogens (tertiary/aromatic N) is 1. The fourth-order valence-electron chi connectivity index (χ4n) is 2.55. The first-order valence-corrected chi connectivity index (χ1v) is 7.96. The van der Waals surface area contributed by atoms with Gasteiger partial charge in [0.05, 0.1) is 11.4 Å². The SMILES string of the molecule is CNC(=O)CNC(=O)COC(=O)[C@H]1CS[C@]2(C)CCC(=O)N12. The van der Waals surface area contributed by atoms with E-state index in [-0.39, 0.29) is 23.2 Å². The van der Waals surface area contributed by atoms with Gasteiger partial charge in [0.25, 0.3) is 5.91 Å². The van der Waals surface area contributed by atoms with Crippen molar-refractivity contribution in [3.05, 3.63) is 0 Å². The highest BCUT2D eigenvalue weighted by molar-refractivity contribution is 8.01. The van der Waals surface area contributed by atoms with Crippen LogP contribution in [0.4, 0.5) is 0 Å². The van der Waals surface area contributed by atoms with Crippen molar-refractivity contribution in [1.82, 2.24) is 15.5 Å². The van der Waals surface area contributed by atoms with E-state index in [1.807, 2.05) is 6.92 Å². The van der Waals surface area contributed by atoms with Crippen LogP contribution in [0.15, 0.2) is 0 Å². The molecule has 2 aliphatic heterocycles. The summed E-state index contributed by atoms with van der Waals surface area (Å²) in [5.41, 5.74) is 0. The molecule has 0 saturated carbocycles. The van der Waals surface area contributed by atoms with E-state index >= 15 is 0 Å². The van der Waals surface area contributed by atoms with Gasteiger partial charge < -0.3 is 20.3 Å². The highest BCUT2D eigenvalue weighted by Crippen LogP contribution is 2.47. The summed E-state index contributed by atoms with van der Waals surface area (Å²) >= 11 is 1.56. The Morgan fingerprint density at radius 2 is 2.14 bits per heavy atom. The molecule has 2 fully saturated rings. The Morgan fingerprint density at radius 3 is 2.82 bits per heavy atom. The van der Waals surface area contributed by atoms with Crippen molar-refractivity contribution in [2.45, 2.75) is 30.7 Å². The maximum Gasteiger partial charge on any atom is 0.330 e. The molecule has 2 N–H and O–H groups in total. The second-order valence-corrected chi connectivity index (χ2v) is 6.82. The molecule has 0 bridgehead atoms. The predicted molar refractivity (Wildman–Crippen MR) is 78.8 cm³/mol. The molecule has 2 aliphatic rings. The van der Waals surface area contributed by atoms with Crippen LogP contribution in [0.2, 0.25) is 0 Å². The van der Waals surface area contributed by atoms with Gasteiger partial charge in [0.15, 0.2) is 6.61 Å². The lowest BCUT2D eigenvalue weighted by Crippen LogP contribution is -2.47. The predicted octanol–water partition coefficient (Wildman–Crippen LogP) is -1.15. The zero-order valence-electron chi connectivity index (χ0n) is 12.5. The number of fused-ring (bicyclic) bond motifs is 1. The number of esters is 1. The Kier molecular flexibility index (Phi) is 4.94. The molecule has 0 aliphatic carbocycles. The van der Waals surface area contributed by atoms with E-state index in [9.17, 15) is 19.2 Å². The van der Waals surface area contributed by atoms with Crippen molar-refractivity contribution in [2.24, 2.45) is 0 Å². The smallest absolute Gasteiger partial charge is 0.330 e. The number of amides is 3. The standard InChI is InChI=1S/C13H19N3O5S/c1-13-4-3-11(19)16(13)8(7-22-13)12(20)21-6-10(18)15-5-9(17)14-2/h8H,3-7H2,1-2H3,(H,14,17)(H,15,18)/t8-,13-/m1/s1. The minimum absolute atomic E-state index is 0.0569. The van der Waals surface area contributed by atoms with E-state index in [4.69, 9.17) is 4.74 Å². The van der Waals surface area contributed by atoms with Gasteiger partial charge in [0, 0.05) is 19.2 Å². The van der Waals surface area contributed by atoms with Crippen molar-refractivity contribution < 1.29 is 23.9 Å². The molecule has 0 aromatic rings. The van der Waals surface area contributed by atoms with Gasteiger partial charge in [-0.3, -0.25) is 14.4 Å². The fraction of sp³-hybridized carbons (Fsp3) is 0.692. The fourth-order valence-corrected chi connectivity index (χ4v) is 3.96. The van der Waals surface area contributed by atoms with Gasteiger partial charge in [-0.2, -0.15) is 0 Å². The molecule has 0 aromatic carbocycles. The van der Waals surface area contributed by atoms with Crippen molar-refractivity contribution in [3.8, 4) is 0 Å². The molecular formula is C13H19N3O5S. The van der Waals surface area contributed by atoms with Crippen LogP contribution in [0, 0.1) is 0 Å². The summed E-state index contributed by atoms with van der Waals surface area (Å²) in [4.78, 5) is 47.7. The number of likely N-dealkylation sites (N-methyl/N-ethyl adjacent to an activating group) is 1. The van der Waals surface area contributed by atoms with Crippen LogP contribution in [-0.4, -0.2) is 65.5 Å². The lowest BCUT2D eigenvalue weighted by Gasteiger charge is -2.29. The molecule has 0 spiro atoms. The van der Waals surface area contributed by atoms with Gasteiger partial charge in [0.2, 0.25) is 11.8 Å². The van der Waals surface area contributed by atoms with Crippen LogP contribution in [0.25, 0.3) is 0 Å². The zero-order valence-corrected chi connectivity index (χ0v) is 13.3. The molecule has 8 nitrogen and oxygen atoms in total. The summed E-state index contributed by atoms with van der Waals surface area (Å²) in [7, 11) is 1.45. The molecule has 2 atom stereocenters. The number of rotatable bonds is 5. The number of hydrogen-bond donors (Lipinski definition) is 2. The molecule has 0 unspecified atom stereocenters. The minimum atomic E-state index is -0.642. The molecule has 22 heavy (non-hydrogen) atoms. The molecule has 3 amide bonds. The lowest BCUT2D eigenvalue weighted by atomic mass is 10.2. The second kappa shape index (κ2) is 6.55. The quantitative estimate of drug-likeness (QED) is 0.617. The van der Waals surface area contributed by atoms with Crippen LogP contribution in [0.5, 0.6) is 0 Å². The van der Waals surface area contributed by atoms with Gasteiger partial charge in [-0.15, -0.1) is 11.8 Å². The maximum absolute atomic E-state index is 12.1. The first kappa shape index (κ1) is 16.6. The minimum Gasteiger partial charge on any atom is -0.454 e. The topological polar surface area (TPSA) is 105 Å². The van der Waals surface area contributed by atoms with Crippen LogP contribution >= 0.6 is 11.8 Å². The van der Waals surface area contributed by atoms with E-state index in [0.717, 1.165) is 0 Å². The van der Waals surface area contributed by atoms with Gasteiger partial charge >= 0.3 is 5.97 Å².